The van der Waals surface area contributed by atoms with E-state index in [1.807, 2.05) is 0 Å². The van der Waals surface area contributed by atoms with E-state index >= 15 is 0 Å². The average molecular weight is 239 g/mol. The van der Waals surface area contributed by atoms with Crippen molar-refractivity contribution in [2.45, 2.75) is 56.1 Å². The lowest BCUT2D eigenvalue weighted by atomic mass is 9.66. The normalized spacial score (nSPS) is 42.4. The van der Waals surface area contributed by atoms with E-state index in [4.69, 9.17) is 4.74 Å². The third-order valence-electron chi connectivity index (χ3n) is 5.21. The lowest BCUT2D eigenvalue weighted by Gasteiger charge is -2.52. The van der Waals surface area contributed by atoms with E-state index in [1.54, 1.807) is 0 Å². The Balaban J connectivity index is 1.69. The van der Waals surface area contributed by atoms with Crippen molar-refractivity contribution in [3.8, 4) is 0 Å². The second-order valence-corrected chi connectivity index (χ2v) is 6.52. The van der Waals surface area contributed by atoms with Crippen molar-refractivity contribution >= 4 is 0 Å². The highest BCUT2D eigenvalue weighted by molar-refractivity contribution is 5.01. The molecule has 1 N–H and O–H groups in total. The Morgan fingerprint density at radius 1 is 1.24 bits per heavy atom. The minimum Gasteiger partial charge on any atom is -0.388 e. The Labute approximate surface area is 104 Å². The first kappa shape index (κ1) is 11.9. The predicted octanol–water partition coefficient (Wildman–Crippen LogP) is 1.79. The SMILES string of the molecule is CN1CCCC(O)(C2CCOC3(CCC3)C2)C1. The van der Waals surface area contributed by atoms with Gasteiger partial charge in [0.2, 0.25) is 0 Å². The van der Waals surface area contributed by atoms with Gasteiger partial charge < -0.3 is 14.7 Å². The Hall–Kier alpha value is -0.120. The van der Waals surface area contributed by atoms with E-state index in [0.717, 1.165) is 45.4 Å². The maximum Gasteiger partial charge on any atom is 0.0804 e. The third-order valence-corrected chi connectivity index (χ3v) is 5.21. The Morgan fingerprint density at radius 2 is 2.06 bits per heavy atom. The largest absolute Gasteiger partial charge is 0.388 e. The number of ether oxygens (including phenoxy) is 1. The van der Waals surface area contributed by atoms with Crippen LogP contribution in [-0.2, 0) is 4.74 Å². The van der Waals surface area contributed by atoms with Crippen molar-refractivity contribution < 1.29 is 9.84 Å². The standard InChI is InChI=1S/C14H25NO2/c1-15-8-3-7-14(16,11-15)12-4-9-17-13(10-12)5-2-6-13/h12,16H,2-11H2,1H3. The van der Waals surface area contributed by atoms with Gasteiger partial charge >= 0.3 is 0 Å². The molecule has 2 saturated heterocycles. The van der Waals surface area contributed by atoms with E-state index < -0.39 is 5.60 Å². The van der Waals surface area contributed by atoms with Crippen molar-refractivity contribution in [3.05, 3.63) is 0 Å². The second-order valence-electron chi connectivity index (χ2n) is 6.52. The summed E-state index contributed by atoms with van der Waals surface area (Å²) in [6.45, 7) is 2.85. The highest BCUT2D eigenvalue weighted by Gasteiger charge is 2.49. The summed E-state index contributed by atoms with van der Waals surface area (Å²) in [5.74, 6) is 0.458. The van der Waals surface area contributed by atoms with E-state index in [1.165, 1.54) is 19.3 Å². The van der Waals surface area contributed by atoms with Crippen LogP contribution >= 0.6 is 0 Å². The summed E-state index contributed by atoms with van der Waals surface area (Å²) >= 11 is 0. The van der Waals surface area contributed by atoms with Gasteiger partial charge in [0.15, 0.2) is 0 Å². The summed E-state index contributed by atoms with van der Waals surface area (Å²) in [5.41, 5.74) is -0.284. The fourth-order valence-electron chi connectivity index (χ4n) is 4.02. The van der Waals surface area contributed by atoms with Gasteiger partial charge in [-0.3, -0.25) is 0 Å². The topological polar surface area (TPSA) is 32.7 Å². The third kappa shape index (κ3) is 2.13. The zero-order chi connectivity index (χ0) is 11.9. The summed E-state index contributed by atoms with van der Waals surface area (Å²) in [5, 5.41) is 10.9. The molecule has 0 amide bonds. The predicted molar refractivity (Wildman–Crippen MR) is 66.9 cm³/mol. The number of aliphatic hydroxyl groups is 1. The summed E-state index contributed by atoms with van der Waals surface area (Å²) in [7, 11) is 2.13. The number of hydrogen-bond acceptors (Lipinski definition) is 3. The first-order chi connectivity index (χ1) is 8.12. The van der Waals surface area contributed by atoms with Gasteiger partial charge in [-0.15, -0.1) is 0 Å². The van der Waals surface area contributed by atoms with E-state index in [9.17, 15) is 5.11 Å². The van der Waals surface area contributed by atoms with Crippen LogP contribution in [0.4, 0.5) is 0 Å². The van der Waals surface area contributed by atoms with Crippen molar-refractivity contribution in [2.75, 3.05) is 26.7 Å². The summed E-state index contributed by atoms with van der Waals surface area (Å²) in [6, 6.07) is 0. The van der Waals surface area contributed by atoms with E-state index in [0.29, 0.717) is 5.92 Å². The van der Waals surface area contributed by atoms with E-state index in [-0.39, 0.29) is 5.60 Å². The van der Waals surface area contributed by atoms with Crippen LogP contribution in [0.25, 0.3) is 0 Å². The van der Waals surface area contributed by atoms with Gasteiger partial charge in [-0.05, 0) is 64.5 Å². The minimum atomic E-state index is -0.445. The van der Waals surface area contributed by atoms with Crippen molar-refractivity contribution in [2.24, 2.45) is 5.92 Å². The molecule has 98 valence electrons. The number of likely N-dealkylation sites (N-methyl/N-ethyl adjacent to an activating group) is 1. The maximum absolute atomic E-state index is 10.9. The van der Waals surface area contributed by atoms with Crippen molar-refractivity contribution in [1.82, 2.24) is 4.90 Å². The maximum atomic E-state index is 10.9. The molecule has 3 fully saturated rings. The van der Waals surface area contributed by atoms with Gasteiger partial charge in [-0.1, -0.05) is 0 Å². The molecule has 0 aromatic heterocycles. The molecule has 3 heteroatoms. The molecule has 0 radical (unpaired) electrons. The monoisotopic (exact) mass is 239 g/mol. The number of β-amino-alcohol motifs (C(OH)–C–C–N with tert-alkyl or cyclic N) is 1. The zero-order valence-electron chi connectivity index (χ0n) is 11.0. The molecule has 2 unspecified atom stereocenters. The molecule has 17 heavy (non-hydrogen) atoms. The molecule has 1 aliphatic carbocycles. The lowest BCUT2D eigenvalue weighted by molar-refractivity contribution is -0.183. The van der Waals surface area contributed by atoms with Crippen LogP contribution in [0, 0.1) is 5.92 Å². The van der Waals surface area contributed by atoms with Gasteiger partial charge in [0.05, 0.1) is 11.2 Å². The van der Waals surface area contributed by atoms with Gasteiger partial charge in [0.1, 0.15) is 0 Å². The fourth-order valence-corrected chi connectivity index (χ4v) is 4.02. The second kappa shape index (κ2) is 4.22. The molecule has 2 heterocycles. The Bertz CT molecular complexity index is 290. The van der Waals surface area contributed by atoms with Crippen LogP contribution in [-0.4, -0.2) is 48.0 Å². The van der Waals surface area contributed by atoms with Crippen LogP contribution in [0.15, 0.2) is 0 Å². The van der Waals surface area contributed by atoms with Crippen LogP contribution in [0.5, 0.6) is 0 Å². The van der Waals surface area contributed by atoms with Gasteiger partial charge in [-0.2, -0.15) is 0 Å². The Kier molecular flexibility index (Phi) is 2.96. The summed E-state index contributed by atoms with van der Waals surface area (Å²) in [6.07, 6.45) is 8.01. The molecular formula is C14H25NO2. The van der Waals surface area contributed by atoms with Crippen molar-refractivity contribution in [1.29, 1.82) is 0 Å². The molecule has 2 atom stereocenters. The lowest BCUT2D eigenvalue weighted by Crippen LogP contribution is -2.56. The van der Waals surface area contributed by atoms with Crippen molar-refractivity contribution in [3.63, 3.8) is 0 Å². The number of rotatable bonds is 1. The molecule has 3 rings (SSSR count). The molecular weight excluding hydrogens is 214 g/mol. The van der Waals surface area contributed by atoms with Gasteiger partial charge in [0, 0.05) is 13.2 Å². The van der Waals surface area contributed by atoms with Crippen LogP contribution < -0.4 is 0 Å². The van der Waals surface area contributed by atoms with Crippen LogP contribution in [0.3, 0.4) is 0 Å². The highest BCUT2D eigenvalue weighted by Crippen LogP contribution is 2.48. The summed E-state index contributed by atoms with van der Waals surface area (Å²) < 4.78 is 5.97. The van der Waals surface area contributed by atoms with Crippen LogP contribution in [0.1, 0.15) is 44.9 Å². The van der Waals surface area contributed by atoms with E-state index in [2.05, 4.69) is 11.9 Å². The molecule has 1 saturated carbocycles. The minimum absolute atomic E-state index is 0.161. The molecule has 0 aromatic carbocycles. The Morgan fingerprint density at radius 3 is 2.71 bits per heavy atom. The molecule has 0 aromatic rings. The zero-order valence-corrected chi connectivity index (χ0v) is 11.0. The smallest absolute Gasteiger partial charge is 0.0804 e. The highest BCUT2D eigenvalue weighted by atomic mass is 16.5. The number of piperidine rings is 1. The van der Waals surface area contributed by atoms with Gasteiger partial charge in [-0.25, -0.2) is 0 Å². The first-order valence-corrected chi connectivity index (χ1v) is 7.17. The molecule has 3 aliphatic rings. The first-order valence-electron chi connectivity index (χ1n) is 7.17. The molecule has 0 bridgehead atoms. The molecule has 1 spiro atoms. The quantitative estimate of drug-likeness (QED) is 0.757. The molecule has 3 nitrogen and oxygen atoms in total. The number of hydrogen-bond donors (Lipinski definition) is 1. The number of nitrogens with zero attached hydrogens (tertiary/aromatic N) is 1. The van der Waals surface area contributed by atoms with Gasteiger partial charge in [0.25, 0.3) is 0 Å². The summed E-state index contributed by atoms with van der Waals surface area (Å²) in [4.78, 5) is 2.28. The molecule has 2 aliphatic heterocycles. The average Bonchev–Trinajstić information content (AvgIpc) is 2.27. The number of likely N-dealkylation sites (tertiary alicyclic amines) is 1. The fraction of sp³-hybridized carbons (Fsp3) is 1.00. The van der Waals surface area contributed by atoms with Crippen LogP contribution in [0.2, 0.25) is 0 Å².